The number of hydrogen-bond acceptors (Lipinski definition) is 5. The smallest absolute Gasteiger partial charge is 0.257 e. The number of oxime groups is 1. The van der Waals surface area contributed by atoms with E-state index in [9.17, 15) is 4.79 Å². The number of ether oxygens (including phenoxy) is 2. The summed E-state index contributed by atoms with van der Waals surface area (Å²) in [6.45, 7) is 4.96. The molecule has 0 aromatic heterocycles. The third kappa shape index (κ3) is 7.69. The highest BCUT2D eigenvalue weighted by Gasteiger charge is 2.15. The largest absolute Gasteiger partial charge is 0.484 e. The second-order valence-electron chi connectivity index (χ2n) is 8.15. The number of hydrogen-bond donors (Lipinski definition) is 1. The molecule has 1 saturated carbocycles. The first kappa shape index (κ1) is 21.6. The summed E-state index contributed by atoms with van der Waals surface area (Å²) in [6.07, 6.45) is 8.50. The van der Waals surface area contributed by atoms with Crippen LogP contribution >= 0.6 is 0 Å². The molecule has 3 rings (SSSR count). The number of carbonyl (C=O) groups excluding carboxylic acids is 1. The number of nitrogens with one attached hydrogen (secondary N) is 1. The van der Waals surface area contributed by atoms with Crippen molar-refractivity contribution in [1.82, 2.24) is 5.32 Å². The van der Waals surface area contributed by atoms with Gasteiger partial charge in [0.05, 0.1) is 5.71 Å². The summed E-state index contributed by atoms with van der Waals surface area (Å²) in [7, 11) is 0. The van der Waals surface area contributed by atoms with Gasteiger partial charge in [-0.3, -0.25) is 4.79 Å². The van der Waals surface area contributed by atoms with E-state index in [1.54, 1.807) is 0 Å². The topological polar surface area (TPSA) is 69.2 Å². The maximum absolute atomic E-state index is 12.0. The zero-order valence-electron chi connectivity index (χ0n) is 17.5. The van der Waals surface area contributed by atoms with Crippen LogP contribution in [0.1, 0.15) is 57.4 Å². The molecule has 1 aliphatic heterocycles. The predicted octanol–water partition coefficient (Wildman–Crippen LogP) is 3.93. The van der Waals surface area contributed by atoms with Gasteiger partial charge in [0.15, 0.2) is 6.61 Å². The number of carbonyl (C=O) groups is 1. The van der Waals surface area contributed by atoms with E-state index < -0.39 is 0 Å². The lowest BCUT2D eigenvalue weighted by atomic mass is 9.90. The second-order valence-corrected chi connectivity index (χ2v) is 8.15. The summed E-state index contributed by atoms with van der Waals surface area (Å²) in [4.78, 5) is 17.6. The maximum Gasteiger partial charge on any atom is 0.257 e. The predicted molar refractivity (Wildman–Crippen MR) is 113 cm³/mol. The molecule has 160 valence electrons. The van der Waals surface area contributed by atoms with E-state index in [0.29, 0.717) is 30.7 Å². The van der Waals surface area contributed by atoms with Crippen LogP contribution in [0.4, 0.5) is 0 Å². The fourth-order valence-electron chi connectivity index (χ4n) is 3.85. The lowest BCUT2D eigenvalue weighted by Crippen LogP contribution is -2.35. The molecule has 1 aromatic rings. The quantitative estimate of drug-likeness (QED) is 0.502. The molecule has 29 heavy (non-hydrogen) atoms. The number of benzene rings is 1. The van der Waals surface area contributed by atoms with Gasteiger partial charge in [0.1, 0.15) is 12.4 Å². The monoisotopic (exact) mass is 402 g/mol. The Morgan fingerprint density at radius 3 is 2.52 bits per heavy atom. The van der Waals surface area contributed by atoms with Gasteiger partial charge in [0.25, 0.3) is 5.91 Å². The Labute approximate surface area is 174 Å². The molecule has 1 saturated heterocycles. The minimum atomic E-state index is -0.0885. The minimum Gasteiger partial charge on any atom is -0.484 e. The van der Waals surface area contributed by atoms with Crippen LogP contribution in [0.25, 0.3) is 0 Å². The molecule has 1 N–H and O–H groups in total. The molecule has 0 spiro atoms. The summed E-state index contributed by atoms with van der Waals surface area (Å²) < 4.78 is 10.9. The third-order valence-corrected chi connectivity index (χ3v) is 5.81. The van der Waals surface area contributed by atoms with Crippen LogP contribution in [0.2, 0.25) is 0 Å². The fraction of sp³-hybridized carbons (Fsp3) is 0.652. The van der Waals surface area contributed by atoms with Crippen LogP contribution in [0, 0.1) is 11.8 Å². The van der Waals surface area contributed by atoms with E-state index in [1.807, 2.05) is 31.2 Å². The van der Waals surface area contributed by atoms with Crippen molar-refractivity contribution in [1.29, 1.82) is 0 Å². The fourth-order valence-corrected chi connectivity index (χ4v) is 3.85. The summed E-state index contributed by atoms with van der Waals surface area (Å²) in [5, 5.41) is 7.21. The molecule has 0 radical (unpaired) electrons. The van der Waals surface area contributed by atoms with Crippen LogP contribution in [-0.4, -0.2) is 44.6 Å². The van der Waals surface area contributed by atoms with Gasteiger partial charge in [-0.25, -0.2) is 0 Å². The van der Waals surface area contributed by atoms with Crippen LogP contribution in [-0.2, 0) is 14.4 Å². The van der Waals surface area contributed by atoms with Crippen molar-refractivity contribution in [3.63, 3.8) is 0 Å². The molecule has 6 heteroatoms. The highest BCUT2D eigenvalue weighted by atomic mass is 16.6. The molecule has 1 heterocycles. The van der Waals surface area contributed by atoms with Crippen LogP contribution in [0.3, 0.4) is 0 Å². The average molecular weight is 403 g/mol. The summed E-state index contributed by atoms with van der Waals surface area (Å²) in [6, 6.07) is 7.61. The van der Waals surface area contributed by atoms with E-state index in [4.69, 9.17) is 14.3 Å². The lowest BCUT2D eigenvalue weighted by Gasteiger charge is -2.22. The van der Waals surface area contributed by atoms with Gasteiger partial charge < -0.3 is 19.6 Å². The minimum absolute atomic E-state index is 0.0279. The van der Waals surface area contributed by atoms with Gasteiger partial charge in [-0.2, -0.15) is 0 Å². The Morgan fingerprint density at radius 1 is 1.07 bits per heavy atom. The van der Waals surface area contributed by atoms with Crippen molar-refractivity contribution in [3.05, 3.63) is 29.8 Å². The SMILES string of the molecule is C/C(=N\OCC1CCCCC1)c1ccc(OCC(=O)NCC2CCOCC2)cc1. The van der Waals surface area contributed by atoms with E-state index >= 15 is 0 Å². The van der Waals surface area contributed by atoms with Gasteiger partial charge in [-0.1, -0.05) is 24.4 Å². The maximum atomic E-state index is 12.0. The Bertz CT molecular complexity index is 647. The highest BCUT2D eigenvalue weighted by molar-refractivity contribution is 5.98. The van der Waals surface area contributed by atoms with Crippen molar-refractivity contribution < 1.29 is 19.1 Å². The molecule has 2 aliphatic rings. The van der Waals surface area contributed by atoms with Crippen LogP contribution < -0.4 is 10.1 Å². The Balaban J connectivity index is 1.36. The van der Waals surface area contributed by atoms with Gasteiger partial charge in [-0.05, 0) is 74.3 Å². The van der Waals surface area contributed by atoms with E-state index in [2.05, 4.69) is 10.5 Å². The van der Waals surface area contributed by atoms with Gasteiger partial charge in [0.2, 0.25) is 0 Å². The highest BCUT2D eigenvalue weighted by Crippen LogP contribution is 2.23. The van der Waals surface area contributed by atoms with Crippen molar-refractivity contribution in [2.45, 2.75) is 51.9 Å². The second kappa shape index (κ2) is 11.8. The molecule has 6 nitrogen and oxygen atoms in total. The molecule has 1 aromatic carbocycles. The Kier molecular flexibility index (Phi) is 8.81. The Hall–Kier alpha value is -2.08. The molecule has 1 aliphatic carbocycles. The Morgan fingerprint density at radius 2 is 1.79 bits per heavy atom. The van der Waals surface area contributed by atoms with Gasteiger partial charge in [0, 0.05) is 19.8 Å². The molecule has 1 amide bonds. The zero-order valence-corrected chi connectivity index (χ0v) is 17.5. The van der Waals surface area contributed by atoms with Crippen molar-refractivity contribution in [3.8, 4) is 5.75 Å². The average Bonchev–Trinajstić information content (AvgIpc) is 2.78. The molecular formula is C23H34N2O4. The third-order valence-electron chi connectivity index (χ3n) is 5.81. The molecule has 0 unspecified atom stereocenters. The standard InChI is InChI=1S/C23H34N2O4/c1-18(25-29-16-20-5-3-2-4-6-20)21-7-9-22(10-8-21)28-17-23(26)24-15-19-11-13-27-14-12-19/h7-10,19-20H,2-6,11-17H2,1H3,(H,24,26)/b25-18+. The van der Waals surface area contributed by atoms with E-state index in [1.165, 1.54) is 32.1 Å². The van der Waals surface area contributed by atoms with Crippen LogP contribution in [0.15, 0.2) is 29.4 Å². The van der Waals surface area contributed by atoms with Crippen LogP contribution in [0.5, 0.6) is 5.75 Å². The molecule has 2 fully saturated rings. The summed E-state index contributed by atoms with van der Waals surface area (Å²) in [5.41, 5.74) is 1.84. The zero-order chi connectivity index (χ0) is 20.3. The number of nitrogens with zero attached hydrogens (tertiary/aromatic N) is 1. The summed E-state index contributed by atoms with van der Waals surface area (Å²) in [5.74, 6) is 1.74. The van der Waals surface area contributed by atoms with Gasteiger partial charge >= 0.3 is 0 Å². The molecular weight excluding hydrogens is 368 g/mol. The lowest BCUT2D eigenvalue weighted by molar-refractivity contribution is -0.123. The van der Waals surface area contributed by atoms with Crippen molar-refractivity contribution in [2.75, 3.05) is 33.0 Å². The number of rotatable bonds is 9. The number of amides is 1. The first-order valence-corrected chi connectivity index (χ1v) is 10.9. The van der Waals surface area contributed by atoms with Gasteiger partial charge in [-0.15, -0.1) is 0 Å². The molecule has 0 atom stereocenters. The van der Waals surface area contributed by atoms with Crippen molar-refractivity contribution in [2.24, 2.45) is 17.0 Å². The van der Waals surface area contributed by atoms with Crippen molar-refractivity contribution >= 4 is 11.6 Å². The van der Waals surface area contributed by atoms with E-state index in [-0.39, 0.29) is 12.5 Å². The first-order chi connectivity index (χ1) is 14.2. The first-order valence-electron chi connectivity index (χ1n) is 10.9. The summed E-state index contributed by atoms with van der Waals surface area (Å²) >= 11 is 0. The normalized spacial score (nSPS) is 19.0. The molecule has 0 bridgehead atoms. The van der Waals surface area contributed by atoms with E-state index in [0.717, 1.165) is 37.3 Å².